The number of nitrogens with one attached hydrogen (secondary N) is 2. The van der Waals surface area contributed by atoms with Crippen molar-refractivity contribution in [3.8, 4) is 0 Å². The Morgan fingerprint density at radius 1 is 1.23 bits per heavy atom. The summed E-state index contributed by atoms with van der Waals surface area (Å²) in [6.45, 7) is 6.41. The molecule has 1 fully saturated rings. The quantitative estimate of drug-likeness (QED) is 0.609. The fraction of sp³-hybridized carbons (Fsp3) is 0.381. The molecule has 1 atom stereocenters. The smallest absolute Gasteiger partial charge is 0.274 e. The molecule has 0 aromatic carbocycles. The normalized spacial score (nSPS) is 15.1. The van der Waals surface area contributed by atoms with E-state index in [0.717, 1.165) is 6.20 Å². The first-order chi connectivity index (χ1) is 14.8. The molecule has 0 radical (unpaired) electrons. The number of anilines is 1. The van der Waals surface area contributed by atoms with Crippen LogP contribution in [-0.4, -0.2) is 50.8 Å². The van der Waals surface area contributed by atoms with E-state index in [4.69, 9.17) is 0 Å². The highest BCUT2D eigenvalue weighted by Gasteiger charge is 2.34. The molecular formula is C21H23FN6O2S. The van der Waals surface area contributed by atoms with Gasteiger partial charge in [0.05, 0.1) is 28.5 Å². The third kappa shape index (κ3) is 4.48. The third-order valence-electron chi connectivity index (χ3n) is 5.12. The van der Waals surface area contributed by atoms with Crippen molar-refractivity contribution in [2.24, 2.45) is 5.92 Å². The summed E-state index contributed by atoms with van der Waals surface area (Å²) in [7, 11) is 0. The monoisotopic (exact) mass is 442 g/mol. The average Bonchev–Trinajstić information content (AvgIpc) is 3.17. The maximum atomic E-state index is 13.5. The van der Waals surface area contributed by atoms with Crippen molar-refractivity contribution in [2.45, 2.75) is 32.9 Å². The predicted octanol–water partition coefficient (Wildman–Crippen LogP) is 3.00. The van der Waals surface area contributed by atoms with Crippen LogP contribution in [0.5, 0.6) is 0 Å². The number of likely N-dealkylation sites (tertiary alicyclic amines) is 1. The van der Waals surface area contributed by atoms with E-state index in [1.165, 1.54) is 17.4 Å². The van der Waals surface area contributed by atoms with Crippen molar-refractivity contribution in [1.29, 1.82) is 0 Å². The molecule has 1 saturated heterocycles. The van der Waals surface area contributed by atoms with Crippen LogP contribution in [-0.2, 0) is 4.79 Å². The molecular weight excluding hydrogens is 419 g/mol. The van der Waals surface area contributed by atoms with Crippen LogP contribution in [0.4, 0.5) is 10.3 Å². The van der Waals surface area contributed by atoms with Gasteiger partial charge in [-0.1, -0.05) is 13.8 Å². The second-order valence-electron chi connectivity index (χ2n) is 7.90. The molecule has 4 heterocycles. The van der Waals surface area contributed by atoms with Gasteiger partial charge in [0.15, 0.2) is 5.69 Å². The second kappa shape index (κ2) is 8.54. The van der Waals surface area contributed by atoms with Crippen LogP contribution >= 0.6 is 11.3 Å². The molecule has 8 nitrogen and oxygen atoms in total. The van der Waals surface area contributed by atoms with E-state index in [2.05, 4.69) is 25.6 Å². The largest absolute Gasteiger partial charge is 0.350 e. The van der Waals surface area contributed by atoms with Gasteiger partial charge in [0.2, 0.25) is 11.9 Å². The summed E-state index contributed by atoms with van der Waals surface area (Å²) in [6.07, 6.45) is 2.71. The van der Waals surface area contributed by atoms with Crippen molar-refractivity contribution >= 4 is 39.3 Å². The average molecular weight is 443 g/mol. The van der Waals surface area contributed by atoms with Gasteiger partial charge in [-0.3, -0.25) is 14.6 Å². The van der Waals surface area contributed by atoms with Gasteiger partial charge in [-0.05, 0) is 30.0 Å². The zero-order valence-electron chi connectivity index (χ0n) is 17.4. The zero-order chi connectivity index (χ0) is 22.1. The number of halogens is 1. The molecule has 1 aliphatic rings. The summed E-state index contributed by atoms with van der Waals surface area (Å²) in [4.78, 5) is 39.4. The number of aromatic nitrogens is 3. The number of nitrogens with zero attached hydrogens (tertiary/aromatic N) is 4. The first-order valence-electron chi connectivity index (χ1n) is 10.0. The Bertz CT molecular complexity index is 1130. The standard InChI is InChI=1S/C21H23FN6O2S/c1-11(2)19(29)25-15-9-28(10-15)20(30)17-18-16(4-5-31-18)26-21(27-17)24-12(3)13-6-14(22)8-23-7-13/h4-8,11-12,15H,9-10H2,1-3H3,(H,25,29)(H,24,26,27)/t12-/m0/s1. The summed E-state index contributed by atoms with van der Waals surface area (Å²) >= 11 is 1.41. The molecule has 2 N–H and O–H groups in total. The second-order valence-corrected chi connectivity index (χ2v) is 8.82. The number of carbonyl (C=O) groups is 2. The minimum absolute atomic E-state index is 0.0212. The Hall–Kier alpha value is -3.14. The van der Waals surface area contributed by atoms with Crippen LogP contribution in [0.25, 0.3) is 10.2 Å². The van der Waals surface area contributed by atoms with Gasteiger partial charge in [-0.15, -0.1) is 11.3 Å². The Morgan fingerprint density at radius 2 is 2.00 bits per heavy atom. The fourth-order valence-corrected chi connectivity index (χ4v) is 4.08. The van der Waals surface area contributed by atoms with Gasteiger partial charge in [-0.2, -0.15) is 0 Å². The van der Waals surface area contributed by atoms with Gasteiger partial charge < -0.3 is 15.5 Å². The van der Waals surface area contributed by atoms with Crippen molar-refractivity contribution in [2.75, 3.05) is 18.4 Å². The first-order valence-corrected chi connectivity index (χ1v) is 10.9. The van der Waals surface area contributed by atoms with Crippen molar-refractivity contribution in [1.82, 2.24) is 25.2 Å². The molecule has 10 heteroatoms. The zero-order valence-corrected chi connectivity index (χ0v) is 18.2. The summed E-state index contributed by atoms with van der Waals surface area (Å²) in [5, 5.41) is 7.93. The lowest BCUT2D eigenvalue weighted by atomic mass is 10.1. The van der Waals surface area contributed by atoms with Gasteiger partial charge >= 0.3 is 0 Å². The van der Waals surface area contributed by atoms with Crippen molar-refractivity contribution in [3.63, 3.8) is 0 Å². The van der Waals surface area contributed by atoms with Crippen LogP contribution in [0.3, 0.4) is 0 Å². The Balaban J connectivity index is 1.51. The first kappa shape index (κ1) is 21.1. The highest BCUT2D eigenvalue weighted by atomic mass is 32.1. The van der Waals surface area contributed by atoms with E-state index in [1.807, 2.05) is 32.2 Å². The van der Waals surface area contributed by atoms with Crippen LogP contribution in [0, 0.1) is 11.7 Å². The number of hydrogen-bond acceptors (Lipinski definition) is 7. The molecule has 0 unspecified atom stereocenters. The molecule has 1 aliphatic heterocycles. The van der Waals surface area contributed by atoms with Gasteiger partial charge in [0.1, 0.15) is 5.82 Å². The Kier molecular flexibility index (Phi) is 5.81. The Morgan fingerprint density at radius 3 is 2.71 bits per heavy atom. The lowest BCUT2D eigenvalue weighted by Gasteiger charge is -2.39. The van der Waals surface area contributed by atoms with Gasteiger partial charge in [0.25, 0.3) is 5.91 Å². The highest BCUT2D eigenvalue weighted by Crippen LogP contribution is 2.27. The topological polar surface area (TPSA) is 100 Å². The molecule has 0 bridgehead atoms. The highest BCUT2D eigenvalue weighted by molar-refractivity contribution is 7.17. The molecule has 4 rings (SSSR count). The summed E-state index contributed by atoms with van der Waals surface area (Å²) in [5.41, 5.74) is 1.63. The van der Waals surface area contributed by atoms with Crippen LogP contribution in [0.1, 0.15) is 42.9 Å². The number of rotatable bonds is 6. The molecule has 0 spiro atoms. The van der Waals surface area contributed by atoms with Crippen LogP contribution in [0.2, 0.25) is 0 Å². The van der Waals surface area contributed by atoms with E-state index in [-0.39, 0.29) is 35.8 Å². The van der Waals surface area contributed by atoms with E-state index >= 15 is 0 Å². The molecule has 3 aromatic heterocycles. The minimum atomic E-state index is -0.423. The number of amides is 2. The lowest BCUT2D eigenvalue weighted by molar-refractivity contribution is -0.125. The summed E-state index contributed by atoms with van der Waals surface area (Å²) in [5.74, 6) is -0.453. The van der Waals surface area contributed by atoms with E-state index < -0.39 is 5.82 Å². The summed E-state index contributed by atoms with van der Waals surface area (Å²) in [6, 6.07) is 2.88. The Labute approximate surface area is 182 Å². The van der Waals surface area contributed by atoms with E-state index in [1.54, 1.807) is 11.1 Å². The van der Waals surface area contributed by atoms with Crippen LogP contribution in [0.15, 0.2) is 29.9 Å². The molecule has 162 valence electrons. The minimum Gasteiger partial charge on any atom is -0.350 e. The number of carbonyl (C=O) groups excluding carboxylic acids is 2. The fourth-order valence-electron chi connectivity index (χ4n) is 3.27. The van der Waals surface area contributed by atoms with Gasteiger partial charge in [0, 0.05) is 25.2 Å². The number of pyridine rings is 1. The lowest BCUT2D eigenvalue weighted by Crippen LogP contribution is -2.61. The van der Waals surface area contributed by atoms with Crippen molar-refractivity contribution < 1.29 is 14.0 Å². The maximum Gasteiger partial charge on any atom is 0.274 e. The molecule has 31 heavy (non-hydrogen) atoms. The maximum absolute atomic E-state index is 13.5. The van der Waals surface area contributed by atoms with Crippen molar-refractivity contribution in [3.05, 3.63) is 47.0 Å². The number of thiophene rings is 1. The molecule has 0 saturated carbocycles. The SMILES string of the molecule is CC(C)C(=O)NC1CN(C(=O)c2nc(N[C@@H](C)c3cncc(F)c3)nc3ccsc23)C1. The predicted molar refractivity (Wildman–Crippen MR) is 116 cm³/mol. The number of hydrogen-bond donors (Lipinski definition) is 2. The molecule has 0 aliphatic carbocycles. The van der Waals surface area contributed by atoms with E-state index in [0.29, 0.717) is 34.6 Å². The van der Waals surface area contributed by atoms with Crippen LogP contribution < -0.4 is 10.6 Å². The molecule has 2 amide bonds. The van der Waals surface area contributed by atoms with Gasteiger partial charge in [-0.25, -0.2) is 14.4 Å². The number of fused-ring (bicyclic) bond motifs is 1. The molecule has 3 aromatic rings. The third-order valence-corrected chi connectivity index (χ3v) is 6.03. The van der Waals surface area contributed by atoms with E-state index in [9.17, 15) is 14.0 Å². The summed E-state index contributed by atoms with van der Waals surface area (Å²) < 4.78 is 14.2.